The molecule has 0 saturated carbocycles. The fraction of sp³-hybridized carbons (Fsp3) is 0.278. The van der Waals surface area contributed by atoms with Gasteiger partial charge >= 0.3 is 0 Å². The quantitative estimate of drug-likeness (QED) is 0.658. The van der Waals surface area contributed by atoms with Crippen LogP contribution in [0.5, 0.6) is 0 Å². The highest BCUT2D eigenvalue weighted by atomic mass is 35.5. The van der Waals surface area contributed by atoms with E-state index in [0.717, 1.165) is 0 Å². The standard InChI is InChI=1S/C18H15Cl2F2N3O2S/c19-11-3-4-12(14(20)10-11)16(26)24-6-8-25(9-7-24)17(27)13-2-1-5-23-15(13)28-18(21)22/h1-5,10,18H,6-9H2. The molecule has 0 unspecified atom stereocenters. The van der Waals surface area contributed by atoms with Crippen LogP contribution in [0.25, 0.3) is 0 Å². The molecule has 2 amide bonds. The number of pyridine rings is 1. The molecule has 1 aromatic heterocycles. The highest BCUT2D eigenvalue weighted by molar-refractivity contribution is 7.99. The van der Waals surface area contributed by atoms with Gasteiger partial charge in [-0.3, -0.25) is 9.59 Å². The Labute approximate surface area is 174 Å². The van der Waals surface area contributed by atoms with Crippen molar-refractivity contribution in [1.29, 1.82) is 0 Å². The second-order valence-corrected chi connectivity index (χ2v) is 7.77. The van der Waals surface area contributed by atoms with Crippen molar-refractivity contribution in [3.05, 3.63) is 57.7 Å². The van der Waals surface area contributed by atoms with E-state index < -0.39 is 5.76 Å². The average molecular weight is 446 g/mol. The van der Waals surface area contributed by atoms with Crippen LogP contribution in [0.2, 0.25) is 10.0 Å². The van der Waals surface area contributed by atoms with Crippen molar-refractivity contribution in [2.24, 2.45) is 0 Å². The molecule has 2 aromatic rings. The number of carbonyl (C=O) groups excluding carboxylic acids is 2. The maximum absolute atomic E-state index is 12.7. The van der Waals surface area contributed by atoms with Gasteiger partial charge in [-0.15, -0.1) is 0 Å². The molecule has 0 bridgehead atoms. The van der Waals surface area contributed by atoms with Crippen molar-refractivity contribution in [3.63, 3.8) is 0 Å². The number of benzene rings is 1. The van der Waals surface area contributed by atoms with E-state index in [0.29, 0.717) is 23.7 Å². The molecule has 2 heterocycles. The van der Waals surface area contributed by atoms with Crippen LogP contribution in [-0.2, 0) is 0 Å². The molecule has 1 aromatic carbocycles. The molecule has 28 heavy (non-hydrogen) atoms. The van der Waals surface area contributed by atoms with E-state index in [1.54, 1.807) is 17.0 Å². The van der Waals surface area contributed by atoms with Crippen molar-refractivity contribution >= 4 is 46.8 Å². The van der Waals surface area contributed by atoms with E-state index in [-0.39, 0.29) is 52.3 Å². The van der Waals surface area contributed by atoms with Crippen molar-refractivity contribution in [1.82, 2.24) is 14.8 Å². The molecule has 0 radical (unpaired) electrons. The smallest absolute Gasteiger partial charge is 0.290 e. The lowest BCUT2D eigenvalue weighted by molar-refractivity contribution is 0.0533. The summed E-state index contributed by atoms with van der Waals surface area (Å²) in [4.78, 5) is 32.4. The summed E-state index contributed by atoms with van der Waals surface area (Å²) in [5.74, 6) is -3.29. The molecular formula is C18H15Cl2F2N3O2S. The molecule has 1 aliphatic heterocycles. The van der Waals surface area contributed by atoms with Gasteiger partial charge in [0.2, 0.25) is 0 Å². The maximum atomic E-state index is 12.7. The zero-order chi connectivity index (χ0) is 20.3. The largest absolute Gasteiger partial charge is 0.335 e. The van der Waals surface area contributed by atoms with Crippen molar-refractivity contribution in [2.45, 2.75) is 10.8 Å². The summed E-state index contributed by atoms with van der Waals surface area (Å²) in [6.45, 7) is 1.18. The number of halogens is 4. The van der Waals surface area contributed by atoms with Gasteiger partial charge in [0.05, 0.1) is 16.1 Å². The van der Waals surface area contributed by atoms with Crippen LogP contribution in [0.1, 0.15) is 20.7 Å². The lowest BCUT2D eigenvalue weighted by atomic mass is 10.1. The summed E-state index contributed by atoms with van der Waals surface area (Å²) in [5, 5.41) is 0.694. The minimum atomic E-state index is -2.67. The molecular weight excluding hydrogens is 431 g/mol. The van der Waals surface area contributed by atoms with Gasteiger partial charge in [-0.1, -0.05) is 23.2 Å². The Kier molecular flexibility index (Phi) is 6.74. The summed E-state index contributed by atoms with van der Waals surface area (Å²) in [7, 11) is 0. The fourth-order valence-corrected chi connectivity index (χ4v) is 3.91. The molecule has 0 atom stereocenters. The first-order valence-corrected chi connectivity index (χ1v) is 9.94. The Morgan fingerprint density at radius 3 is 2.18 bits per heavy atom. The summed E-state index contributed by atoms with van der Waals surface area (Å²) in [5.41, 5.74) is 0.474. The van der Waals surface area contributed by atoms with Crippen LogP contribution in [0.4, 0.5) is 8.78 Å². The van der Waals surface area contributed by atoms with Crippen LogP contribution < -0.4 is 0 Å². The van der Waals surface area contributed by atoms with Crippen molar-refractivity contribution < 1.29 is 18.4 Å². The molecule has 10 heteroatoms. The normalized spacial score (nSPS) is 14.5. The number of carbonyl (C=O) groups is 2. The van der Waals surface area contributed by atoms with Crippen LogP contribution in [-0.4, -0.2) is 58.5 Å². The zero-order valence-electron chi connectivity index (χ0n) is 14.4. The number of hydrogen-bond acceptors (Lipinski definition) is 4. The Bertz CT molecular complexity index is 893. The first-order valence-electron chi connectivity index (χ1n) is 8.30. The predicted octanol–water partition coefficient (Wildman–Crippen LogP) is 4.30. The van der Waals surface area contributed by atoms with E-state index in [1.165, 1.54) is 29.3 Å². The topological polar surface area (TPSA) is 53.5 Å². The second-order valence-electron chi connectivity index (χ2n) is 5.94. The molecule has 3 rings (SSSR count). The van der Waals surface area contributed by atoms with Gasteiger partial charge in [0.1, 0.15) is 5.03 Å². The maximum Gasteiger partial charge on any atom is 0.290 e. The van der Waals surface area contributed by atoms with E-state index in [1.807, 2.05) is 0 Å². The highest BCUT2D eigenvalue weighted by Crippen LogP contribution is 2.28. The lowest BCUT2D eigenvalue weighted by Crippen LogP contribution is -2.50. The van der Waals surface area contributed by atoms with Gasteiger partial charge in [0.15, 0.2) is 0 Å². The van der Waals surface area contributed by atoms with E-state index in [9.17, 15) is 18.4 Å². The third kappa shape index (κ3) is 4.74. The summed E-state index contributed by atoms with van der Waals surface area (Å²) in [6, 6.07) is 7.66. The number of amides is 2. The van der Waals surface area contributed by atoms with Crippen LogP contribution in [0, 0.1) is 0 Å². The Hall–Kier alpha value is -1.90. The van der Waals surface area contributed by atoms with Gasteiger partial charge in [-0.05, 0) is 42.1 Å². The third-order valence-corrected chi connectivity index (χ3v) is 5.49. The Morgan fingerprint density at radius 2 is 1.61 bits per heavy atom. The number of piperazine rings is 1. The van der Waals surface area contributed by atoms with Crippen molar-refractivity contribution in [2.75, 3.05) is 26.2 Å². The Balaban J connectivity index is 1.67. The first-order chi connectivity index (χ1) is 13.4. The van der Waals surface area contributed by atoms with Crippen LogP contribution in [0.15, 0.2) is 41.6 Å². The fourth-order valence-electron chi connectivity index (χ4n) is 2.85. The molecule has 0 N–H and O–H groups in total. The predicted molar refractivity (Wildman–Crippen MR) is 104 cm³/mol. The van der Waals surface area contributed by atoms with Crippen LogP contribution >= 0.6 is 35.0 Å². The Morgan fingerprint density at radius 1 is 1.00 bits per heavy atom. The average Bonchev–Trinajstić information content (AvgIpc) is 2.67. The monoisotopic (exact) mass is 445 g/mol. The number of alkyl halides is 2. The van der Waals surface area contributed by atoms with Gasteiger partial charge in [0.25, 0.3) is 17.6 Å². The molecule has 0 aliphatic carbocycles. The van der Waals surface area contributed by atoms with Gasteiger partial charge < -0.3 is 9.80 Å². The summed E-state index contributed by atoms with van der Waals surface area (Å²) >= 11 is 12.2. The van der Waals surface area contributed by atoms with E-state index >= 15 is 0 Å². The highest BCUT2D eigenvalue weighted by Gasteiger charge is 2.28. The van der Waals surface area contributed by atoms with E-state index in [2.05, 4.69) is 4.98 Å². The molecule has 0 spiro atoms. The lowest BCUT2D eigenvalue weighted by Gasteiger charge is -2.35. The van der Waals surface area contributed by atoms with Crippen molar-refractivity contribution in [3.8, 4) is 0 Å². The number of thioether (sulfide) groups is 1. The zero-order valence-corrected chi connectivity index (χ0v) is 16.8. The first kappa shape index (κ1) is 20.8. The number of nitrogens with zero attached hydrogens (tertiary/aromatic N) is 3. The van der Waals surface area contributed by atoms with E-state index in [4.69, 9.17) is 23.2 Å². The van der Waals surface area contributed by atoms with Gasteiger partial charge in [-0.2, -0.15) is 8.78 Å². The SMILES string of the molecule is O=C(c1ccc(Cl)cc1Cl)N1CCN(C(=O)c2cccnc2SC(F)F)CC1. The second kappa shape index (κ2) is 9.07. The third-order valence-electron chi connectivity index (χ3n) is 4.22. The number of rotatable bonds is 4. The molecule has 1 aliphatic rings. The molecule has 5 nitrogen and oxygen atoms in total. The molecule has 1 saturated heterocycles. The summed E-state index contributed by atoms with van der Waals surface area (Å²) < 4.78 is 25.4. The molecule has 1 fully saturated rings. The number of hydrogen-bond donors (Lipinski definition) is 0. The summed E-state index contributed by atoms with van der Waals surface area (Å²) in [6.07, 6.45) is 1.37. The molecule has 148 valence electrons. The number of aromatic nitrogens is 1. The minimum Gasteiger partial charge on any atom is -0.335 e. The minimum absolute atomic E-state index is 0.00560. The van der Waals surface area contributed by atoms with Gasteiger partial charge in [0, 0.05) is 37.4 Å². The van der Waals surface area contributed by atoms with Gasteiger partial charge in [-0.25, -0.2) is 4.98 Å². The van der Waals surface area contributed by atoms with Crippen LogP contribution in [0.3, 0.4) is 0 Å².